The van der Waals surface area contributed by atoms with E-state index in [1.54, 1.807) is 0 Å². The van der Waals surface area contributed by atoms with Crippen molar-refractivity contribution < 1.29 is 0 Å². The van der Waals surface area contributed by atoms with E-state index in [1.807, 2.05) is 11.3 Å². The number of anilines is 2. The Balaban J connectivity index is 1.13. The molecule has 236 valence electrons. The predicted octanol–water partition coefficient (Wildman–Crippen LogP) is 14.1. The minimum absolute atomic E-state index is 0.999. The van der Waals surface area contributed by atoms with Gasteiger partial charge >= 0.3 is 0 Å². The van der Waals surface area contributed by atoms with Crippen molar-refractivity contribution in [3.63, 3.8) is 0 Å². The molecular weight excluding hydrogens is 623 g/mol. The minimum atomic E-state index is 0.999. The maximum absolute atomic E-state index is 2.47. The summed E-state index contributed by atoms with van der Waals surface area (Å²) in [6.07, 6.45) is 6.84. The highest BCUT2D eigenvalue weighted by molar-refractivity contribution is 7.26. The van der Waals surface area contributed by atoms with Crippen LogP contribution in [-0.2, 0) is 0 Å². The minimum Gasteiger partial charge on any atom is -0.310 e. The Kier molecular flexibility index (Phi) is 6.89. The standard InChI is InChI=1S/C48H33NS/c1-2-11-32(12-3-1)35-14-10-15-39(29-35)49(45-31-37-13-4-5-16-40(37)41-17-6-7-18-42(41)45)38-26-23-33(24-27-38)36-22-21-34-25-28-47-48(44(34)30-36)43-19-8-9-20-46(43)50-47/h1-9,11-13,15-31H,10,14H2. The molecule has 10 rings (SSSR count). The Morgan fingerprint density at radius 1 is 0.460 bits per heavy atom. The van der Waals surface area contributed by atoms with Crippen LogP contribution in [0.5, 0.6) is 0 Å². The van der Waals surface area contributed by atoms with Crippen LogP contribution in [0, 0.1) is 0 Å². The van der Waals surface area contributed by atoms with Crippen LogP contribution in [0.2, 0.25) is 0 Å². The number of benzene rings is 8. The van der Waals surface area contributed by atoms with Gasteiger partial charge < -0.3 is 4.90 Å². The normalized spacial score (nSPS) is 13.3. The van der Waals surface area contributed by atoms with Crippen LogP contribution in [0.1, 0.15) is 18.4 Å². The van der Waals surface area contributed by atoms with E-state index in [9.17, 15) is 0 Å². The first-order valence-electron chi connectivity index (χ1n) is 17.4. The van der Waals surface area contributed by atoms with Gasteiger partial charge in [0.2, 0.25) is 0 Å². The second-order valence-corrected chi connectivity index (χ2v) is 14.3. The summed E-state index contributed by atoms with van der Waals surface area (Å²) in [6, 6.07) is 60.3. The highest BCUT2D eigenvalue weighted by Crippen LogP contribution is 2.43. The lowest BCUT2D eigenvalue weighted by Gasteiger charge is -2.30. The zero-order chi connectivity index (χ0) is 33.0. The third-order valence-electron chi connectivity index (χ3n) is 10.3. The van der Waals surface area contributed by atoms with Crippen molar-refractivity contribution in [2.45, 2.75) is 12.8 Å². The lowest BCUT2D eigenvalue weighted by atomic mass is 9.94. The van der Waals surface area contributed by atoms with E-state index >= 15 is 0 Å². The number of fused-ring (bicyclic) bond motifs is 8. The lowest BCUT2D eigenvalue weighted by molar-refractivity contribution is 1.01. The molecule has 0 saturated carbocycles. The highest BCUT2D eigenvalue weighted by atomic mass is 32.1. The molecule has 1 aliphatic carbocycles. The summed E-state index contributed by atoms with van der Waals surface area (Å²) in [5.41, 5.74) is 8.67. The van der Waals surface area contributed by atoms with Crippen molar-refractivity contribution >= 4 is 80.8 Å². The van der Waals surface area contributed by atoms with Crippen LogP contribution >= 0.6 is 11.3 Å². The van der Waals surface area contributed by atoms with E-state index in [0.717, 1.165) is 18.5 Å². The maximum Gasteiger partial charge on any atom is 0.0546 e. The molecule has 1 aliphatic rings. The molecule has 50 heavy (non-hydrogen) atoms. The Morgan fingerprint density at radius 2 is 1.16 bits per heavy atom. The summed E-state index contributed by atoms with van der Waals surface area (Å²) in [5, 5.41) is 10.3. The summed E-state index contributed by atoms with van der Waals surface area (Å²) in [7, 11) is 0. The van der Waals surface area contributed by atoms with E-state index < -0.39 is 0 Å². The molecule has 0 atom stereocenters. The van der Waals surface area contributed by atoms with Gasteiger partial charge in [0, 0.05) is 36.9 Å². The fraction of sp³-hybridized carbons (Fsp3) is 0.0417. The number of nitrogens with zero attached hydrogens (tertiary/aromatic N) is 1. The first-order valence-corrected chi connectivity index (χ1v) is 18.2. The van der Waals surface area contributed by atoms with Gasteiger partial charge in [0.25, 0.3) is 0 Å². The smallest absolute Gasteiger partial charge is 0.0546 e. The van der Waals surface area contributed by atoms with Crippen LogP contribution in [-0.4, -0.2) is 0 Å². The molecule has 0 radical (unpaired) electrons. The Bertz CT molecular complexity index is 2800. The summed E-state index contributed by atoms with van der Waals surface area (Å²) >= 11 is 1.88. The summed E-state index contributed by atoms with van der Waals surface area (Å²) in [5.74, 6) is 0. The van der Waals surface area contributed by atoms with Crippen LogP contribution in [0.15, 0.2) is 182 Å². The van der Waals surface area contributed by atoms with Crippen molar-refractivity contribution in [1.82, 2.24) is 0 Å². The third kappa shape index (κ3) is 4.83. The molecule has 0 N–H and O–H groups in total. The second kappa shape index (κ2) is 11.9. The number of thiophene rings is 1. The van der Waals surface area contributed by atoms with Gasteiger partial charge in [-0.3, -0.25) is 0 Å². The summed E-state index contributed by atoms with van der Waals surface area (Å²) in [6.45, 7) is 0. The fourth-order valence-electron chi connectivity index (χ4n) is 7.89. The topological polar surface area (TPSA) is 3.24 Å². The van der Waals surface area contributed by atoms with E-state index in [-0.39, 0.29) is 0 Å². The van der Waals surface area contributed by atoms with Crippen molar-refractivity contribution in [2.75, 3.05) is 4.90 Å². The molecule has 0 amide bonds. The first kappa shape index (κ1) is 29.0. The average molecular weight is 656 g/mol. The van der Waals surface area contributed by atoms with E-state index in [1.165, 1.54) is 86.1 Å². The largest absolute Gasteiger partial charge is 0.310 e. The van der Waals surface area contributed by atoms with Gasteiger partial charge in [-0.05, 0) is 105 Å². The van der Waals surface area contributed by atoms with Gasteiger partial charge in [0.05, 0.1) is 5.69 Å². The van der Waals surface area contributed by atoms with Gasteiger partial charge in [-0.15, -0.1) is 11.3 Å². The van der Waals surface area contributed by atoms with Crippen LogP contribution in [0.25, 0.3) is 69.2 Å². The fourth-order valence-corrected chi connectivity index (χ4v) is 9.01. The maximum atomic E-state index is 2.47. The number of allylic oxidation sites excluding steroid dienone is 3. The Morgan fingerprint density at radius 3 is 2.02 bits per heavy atom. The zero-order valence-electron chi connectivity index (χ0n) is 27.5. The molecule has 0 spiro atoms. The number of hydrogen-bond donors (Lipinski definition) is 0. The van der Waals surface area contributed by atoms with Gasteiger partial charge in [0.1, 0.15) is 0 Å². The molecular formula is C48H33NS. The van der Waals surface area contributed by atoms with Gasteiger partial charge in [-0.2, -0.15) is 0 Å². The molecule has 9 aromatic rings. The van der Waals surface area contributed by atoms with Crippen molar-refractivity contribution in [1.29, 1.82) is 0 Å². The Labute approximate surface area is 295 Å². The van der Waals surface area contributed by atoms with Crippen LogP contribution in [0.4, 0.5) is 11.4 Å². The molecule has 0 aliphatic heterocycles. The lowest BCUT2D eigenvalue weighted by Crippen LogP contribution is -2.17. The summed E-state index contributed by atoms with van der Waals surface area (Å²) < 4.78 is 2.68. The molecule has 2 heteroatoms. The molecule has 1 heterocycles. The highest BCUT2D eigenvalue weighted by Gasteiger charge is 2.21. The first-order chi connectivity index (χ1) is 24.8. The Hall–Kier alpha value is -5.96. The van der Waals surface area contributed by atoms with E-state index in [4.69, 9.17) is 0 Å². The molecule has 0 saturated heterocycles. The van der Waals surface area contributed by atoms with Crippen LogP contribution < -0.4 is 4.90 Å². The van der Waals surface area contributed by atoms with Gasteiger partial charge in [0.15, 0.2) is 0 Å². The number of rotatable bonds is 5. The predicted molar refractivity (Wildman–Crippen MR) is 218 cm³/mol. The van der Waals surface area contributed by atoms with Gasteiger partial charge in [-0.1, -0.05) is 133 Å². The zero-order valence-corrected chi connectivity index (χ0v) is 28.3. The van der Waals surface area contributed by atoms with Crippen LogP contribution in [0.3, 0.4) is 0 Å². The van der Waals surface area contributed by atoms with E-state index in [2.05, 4.69) is 181 Å². The molecule has 1 aromatic heterocycles. The van der Waals surface area contributed by atoms with Crippen molar-refractivity contribution in [2.24, 2.45) is 0 Å². The molecule has 0 bridgehead atoms. The van der Waals surface area contributed by atoms with Crippen molar-refractivity contribution in [3.05, 3.63) is 187 Å². The monoisotopic (exact) mass is 655 g/mol. The number of hydrogen-bond acceptors (Lipinski definition) is 2. The average Bonchev–Trinajstić information content (AvgIpc) is 3.58. The SMILES string of the molecule is C1=C(c2ccccc2)CCC=C1N(c1ccc(-c2ccc3ccc4sc5ccccc5c4c3c2)cc1)c1cc2ccccc2c2ccccc12. The third-order valence-corrected chi connectivity index (χ3v) is 11.4. The van der Waals surface area contributed by atoms with E-state index in [0.29, 0.717) is 0 Å². The van der Waals surface area contributed by atoms with Gasteiger partial charge in [-0.25, -0.2) is 0 Å². The second-order valence-electron chi connectivity index (χ2n) is 13.2. The molecule has 1 nitrogen and oxygen atoms in total. The van der Waals surface area contributed by atoms with Crippen molar-refractivity contribution in [3.8, 4) is 11.1 Å². The molecule has 0 unspecified atom stereocenters. The quantitative estimate of drug-likeness (QED) is 0.167. The molecule has 8 aromatic carbocycles. The summed E-state index contributed by atoms with van der Waals surface area (Å²) in [4.78, 5) is 2.47. The molecule has 0 fully saturated rings.